The van der Waals surface area contributed by atoms with Gasteiger partial charge in [-0.25, -0.2) is 0 Å². The van der Waals surface area contributed by atoms with Gasteiger partial charge < -0.3 is 0 Å². The Bertz CT molecular complexity index is 2310. The molecule has 1 aromatic heterocycles. The minimum absolute atomic E-state index is 1.23. The number of benzene rings is 6. The highest BCUT2D eigenvalue weighted by atomic mass is 32.1. The van der Waals surface area contributed by atoms with Gasteiger partial charge in [0.25, 0.3) is 0 Å². The quantitative estimate of drug-likeness (QED) is 0.172. The van der Waals surface area contributed by atoms with E-state index >= 15 is 0 Å². The van der Waals surface area contributed by atoms with E-state index in [1.165, 1.54) is 86.9 Å². The van der Waals surface area contributed by atoms with Gasteiger partial charge in [0.15, 0.2) is 0 Å². The van der Waals surface area contributed by atoms with Gasteiger partial charge in [-0.15, -0.1) is 11.3 Å². The zero-order valence-corrected chi connectivity index (χ0v) is 25.5. The average Bonchev–Trinajstić information content (AvgIpc) is 3.42. The molecule has 0 radical (unpaired) electrons. The summed E-state index contributed by atoms with van der Waals surface area (Å²) < 4.78 is 2.59. The minimum Gasteiger partial charge on any atom is -0.135 e. The fourth-order valence-corrected chi connectivity index (χ4v) is 7.26. The molecule has 0 unspecified atom stereocenters. The van der Waals surface area contributed by atoms with E-state index in [4.69, 9.17) is 0 Å². The highest BCUT2D eigenvalue weighted by Gasteiger charge is 2.11. The number of hydrogen-bond donors (Lipinski definition) is 0. The molecule has 0 N–H and O–H groups in total. The Hall–Kier alpha value is -4.72. The van der Waals surface area contributed by atoms with Crippen LogP contribution in [0.15, 0.2) is 146 Å². The van der Waals surface area contributed by atoms with Crippen LogP contribution in [-0.2, 0) is 0 Å². The molecule has 9 aromatic rings. The van der Waals surface area contributed by atoms with Crippen molar-refractivity contribution in [3.8, 4) is 0 Å². The van der Waals surface area contributed by atoms with E-state index in [1.54, 1.807) is 0 Å². The van der Waals surface area contributed by atoms with Gasteiger partial charge in [-0.2, -0.15) is 0 Å². The summed E-state index contributed by atoms with van der Waals surface area (Å²) in [5.74, 6) is 0. The first-order valence-electron chi connectivity index (χ1n) is 15.3. The summed E-state index contributed by atoms with van der Waals surface area (Å²) >= 11 is 1.86. The first-order valence-corrected chi connectivity index (χ1v) is 16.1. The van der Waals surface area contributed by atoms with Gasteiger partial charge >= 0.3 is 0 Å². The molecule has 43 heavy (non-hydrogen) atoms. The van der Waals surface area contributed by atoms with E-state index in [0.29, 0.717) is 0 Å². The van der Waals surface area contributed by atoms with Crippen LogP contribution in [0.4, 0.5) is 0 Å². The zero-order chi connectivity index (χ0) is 29.2. The Labute approximate surface area is 256 Å². The highest BCUT2D eigenvalue weighted by molar-refractivity contribution is 7.25. The molecule has 0 nitrogen and oxygen atoms in total. The van der Waals surface area contributed by atoms with Crippen LogP contribution in [0.1, 0.15) is 26.7 Å². The number of rotatable bonds is 1. The van der Waals surface area contributed by atoms with E-state index in [2.05, 4.69) is 159 Å². The molecule has 8 aromatic carbocycles. The van der Waals surface area contributed by atoms with Crippen molar-refractivity contribution in [1.29, 1.82) is 0 Å². The molecule has 0 atom stereocenters. The maximum atomic E-state index is 2.31. The molecule has 0 spiro atoms. The van der Waals surface area contributed by atoms with Crippen molar-refractivity contribution in [3.05, 3.63) is 146 Å². The number of fused-ring (bicyclic) bond motifs is 3. The van der Waals surface area contributed by atoms with Gasteiger partial charge in [-0.05, 0) is 66.0 Å². The van der Waals surface area contributed by atoms with Crippen molar-refractivity contribution < 1.29 is 0 Å². The number of thiophene rings is 1. The lowest BCUT2D eigenvalue weighted by atomic mass is 9.91. The molecule has 0 amide bonds. The molecule has 2 bridgehead atoms. The lowest BCUT2D eigenvalue weighted by Gasteiger charge is -2.12. The van der Waals surface area contributed by atoms with E-state index in [-0.39, 0.29) is 0 Å². The van der Waals surface area contributed by atoms with Crippen molar-refractivity contribution >= 4 is 85.4 Å². The molecule has 9 rings (SSSR count). The summed E-state index contributed by atoms with van der Waals surface area (Å²) in [6, 6.07) is 53.4. The zero-order valence-electron chi connectivity index (χ0n) is 24.7. The molecule has 0 fully saturated rings. The predicted molar refractivity (Wildman–Crippen MR) is 194 cm³/mol. The van der Waals surface area contributed by atoms with Crippen molar-refractivity contribution in [3.63, 3.8) is 0 Å². The van der Waals surface area contributed by atoms with Crippen LogP contribution in [-0.4, -0.2) is 0 Å². The normalized spacial score (nSPS) is 11.2. The van der Waals surface area contributed by atoms with E-state index in [0.717, 1.165) is 0 Å². The van der Waals surface area contributed by atoms with Crippen LogP contribution in [0.5, 0.6) is 0 Å². The van der Waals surface area contributed by atoms with E-state index in [1.807, 2.05) is 11.3 Å². The third-order valence-corrected chi connectivity index (χ3v) is 9.55. The fraction of sp³-hybridized carbons (Fsp3) is 0.0952. The van der Waals surface area contributed by atoms with E-state index < -0.39 is 0 Å². The SMILES string of the molecule is CCCC.c1ccc2c(c1)ccc1sc3ccccc3c1ccc1ccccc1c1c3ccccc3c2c2ccccc21. The maximum absolute atomic E-state index is 2.31. The number of hydrogen-bond acceptors (Lipinski definition) is 1. The van der Waals surface area contributed by atoms with Crippen LogP contribution in [0.2, 0.25) is 0 Å². The molecule has 0 aliphatic carbocycles. The lowest BCUT2D eigenvalue weighted by molar-refractivity contribution is 0.886. The maximum Gasteiger partial charge on any atom is 0.0355 e. The van der Waals surface area contributed by atoms with Crippen molar-refractivity contribution in [2.45, 2.75) is 26.7 Å². The molecule has 0 aliphatic heterocycles. The average molecular weight is 571 g/mol. The van der Waals surface area contributed by atoms with Crippen LogP contribution in [0.3, 0.4) is 0 Å². The standard InChI is InChI=1S/C38H24S.C4H10/c1-3-13-27-25(11-1)21-23-30-29-15-9-10-20-35(29)39-36(30)24-22-26-12-2-4-14-28(26)38-33-18-7-5-16-31(33)37(27)32-17-6-8-19-34(32)38;1-3-4-2/h1-24H;3-4H2,1-2H3. The second kappa shape index (κ2) is 11.9. The smallest absolute Gasteiger partial charge is 0.0355 e. The van der Waals surface area contributed by atoms with Crippen molar-refractivity contribution in [1.82, 2.24) is 0 Å². The third kappa shape index (κ3) is 4.90. The molecule has 0 saturated heterocycles. The Morgan fingerprint density at radius 3 is 1.16 bits per heavy atom. The summed E-state index contributed by atoms with van der Waals surface area (Å²) in [7, 11) is 0. The first-order chi connectivity index (χ1) is 21.3. The summed E-state index contributed by atoms with van der Waals surface area (Å²) in [5, 5.41) is 15.3. The second-order valence-corrected chi connectivity index (χ2v) is 12.1. The second-order valence-electron chi connectivity index (χ2n) is 11.1. The van der Waals surface area contributed by atoms with Gasteiger partial charge in [-0.3, -0.25) is 0 Å². The third-order valence-electron chi connectivity index (χ3n) is 8.40. The van der Waals surface area contributed by atoms with Gasteiger partial charge in [0.1, 0.15) is 0 Å². The molecular weight excluding hydrogens is 537 g/mol. The van der Waals surface area contributed by atoms with E-state index in [9.17, 15) is 0 Å². The molecule has 0 aliphatic rings. The fourth-order valence-electron chi connectivity index (χ4n) is 6.17. The molecular formula is C42H34S. The Morgan fingerprint density at radius 2 is 0.674 bits per heavy atom. The Kier molecular flexibility index (Phi) is 7.49. The lowest BCUT2D eigenvalue weighted by Crippen LogP contribution is -1.84. The molecule has 0 saturated carbocycles. The van der Waals surface area contributed by atoms with Gasteiger partial charge in [0.2, 0.25) is 0 Å². The largest absolute Gasteiger partial charge is 0.135 e. The van der Waals surface area contributed by atoms with Crippen LogP contribution < -0.4 is 0 Å². The van der Waals surface area contributed by atoms with Gasteiger partial charge in [0, 0.05) is 20.2 Å². The topological polar surface area (TPSA) is 0 Å². The Balaban J connectivity index is 0.000000709. The minimum atomic E-state index is 1.23. The van der Waals surface area contributed by atoms with Crippen molar-refractivity contribution in [2.24, 2.45) is 0 Å². The summed E-state index contributed by atoms with van der Waals surface area (Å²) in [4.78, 5) is 0. The van der Waals surface area contributed by atoms with Crippen LogP contribution in [0.25, 0.3) is 74.0 Å². The van der Waals surface area contributed by atoms with Crippen molar-refractivity contribution in [2.75, 3.05) is 0 Å². The van der Waals surface area contributed by atoms with Gasteiger partial charge in [0.05, 0.1) is 0 Å². The monoisotopic (exact) mass is 570 g/mol. The molecule has 208 valence electrons. The molecule has 1 heteroatoms. The number of unbranched alkanes of at least 4 members (excludes halogenated alkanes) is 1. The summed E-state index contributed by atoms with van der Waals surface area (Å²) in [5.41, 5.74) is 0. The summed E-state index contributed by atoms with van der Waals surface area (Å²) in [6.45, 7) is 4.36. The van der Waals surface area contributed by atoms with Gasteiger partial charge in [-0.1, -0.05) is 160 Å². The van der Waals surface area contributed by atoms with Crippen LogP contribution in [0, 0.1) is 0 Å². The van der Waals surface area contributed by atoms with Crippen LogP contribution >= 0.6 is 11.3 Å². The summed E-state index contributed by atoms with van der Waals surface area (Å²) in [6.07, 6.45) is 2.64. The first kappa shape index (κ1) is 27.1. The predicted octanol–water partition coefficient (Wildman–Crippen LogP) is 13.3. The Morgan fingerprint density at radius 1 is 0.326 bits per heavy atom. The molecule has 1 heterocycles. The highest BCUT2D eigenvalue weighted by Crippen LogP contribution is 2.40.